The van der Waals surface area contributed by atoms with E-state index in [1.54, 1.807) is 13.8 Å². The number of nitrogens with two attached hydrogens (primary N) is 3. The smallest absolute Gasteiger partial charge is 0.326 e. The van der Waals surface area contributed by atoms with Gasteiger partial charge in [0.15, 0.2) is 0 Å². The number of hydrogen-bond acceptors (Lipinski definition) is 7. The van der Waals surface area contributed by atoms with Crippen LogP contribution >= 0.6 is 0 Å². The van der Waals surface area contributed by atoms with Gasteiger partial charge in [-0.05, 0) is 51.1 Å². The van der Waals surface area contributed by atoms with Gasteiger partial charge in [-0.2, -0.15) is 0 Å². The van der Waals surface area contributed by atoms with Crippen LogP contribution in [0.2, 0.25) is 0 Å². The summed E-state index contributed by atoms with van der Waals surface area (Å²) in [5, 5.41) is 21.8. The molecule has 11 nitrogen and oxygen atoms in total. The fraction of sp³-hybridized carbons (Fsp3) is 0.789. The maximum atomic E-state index is 12.5. The normalized spacial score (nSPS) is 13.4. The summed E-state index contributed by atoms with van der Waals surface area (Å²) in [6.07, 6.45) is 3.55. The molecule has 0 spiro atoms. The van der Waals surface area contributed by atoms with Crippen LogP contribution in [0.3, 0.4) is 0 Å². The minimum Gasteiger partial charge on any atom is -0.481 e. The van der Waals surface area contributed by atoms with Crippen LogP contribution in [0.4, 0.5) is 0 Å². The van der Waals surface area contributed by atoms with E-state index < -0.39 is 41.9 Å². The molecule has 0 aromatic heterocycles. The molecule has 0 aromatic rings. The highest BCUT2D eigenvalue weighted by atomic mass is 16.4. The van der Waals surface area contributed by atoms with Crippen molar-refractivity contribution in [3.05, 3.63) is 0 Å². The zero-order valence-electron chi connectivity index (χ0n) is 18.2. The molecule has 0 aliphatic heterocycles. The summed E-state index contributed by atoms with van der Waals surface area (Å²) in [6, 6.07) is -2.58. The van der Waals surface area contributed by atoms with Crippen LogP contribution in [0.15, 0.2) is 0 Å². The minimum atomic E-state index is -1.11. The van der Waals surface area contributed by atoms with E-state index in [1.807, 2.05) is 0 Å². The monoisotopic (exact) mass is 433 g/mol. The molecule has 0 radical (unpaired) electrons. The van der Waals surface area contributed by atoms with E-state index in [0.29, 0.717) is 32.4 Å². The second kappa shape index (κ2) is 17.6. The second-order valence-electron chi connectivity index (χ2n) is 7.32. The van der Waals surface area contributed by atoms with Gasteiger partial charge in [0.05, 0.1) is 6.04 Å². The van der Waals surface area contributed by atoms with Crippen LogP contribution < -0.4 is 27.8 Å². The van der Waals surface area contributed by atoms with Crippen molar-refractivity contribution in [2.45, 2.75) is 77.4 Å². The molecule has 0 bridgehead atoms. The molecule has 2 amide bonds. The molecule has 0 aliphatic rings. The zero-order chi connectivity index (χ0) is 23.7. The van der Waals surface area contributed by atoms with Crippen molar-refractivity contribution in [2.24, 2.45) is 23.1 Å². The molecule has 3 atom stereocenters. The Bertz CT molecular complexity index is 526. The van der Waals surface area contributed by atoms with Crippen molar-refractivity contribution in [3.63, 3.8) is 0 Å². The fourth-order valence-electron chi connectivity index (χ4n) is 2.45. The Morgan fingerprint density at radius 3 is 1.70 bits per heavy atom. The van der Waals surface area contributed by atoms with Crippen molar-refractivity contribution < 1.29 is 29.4 Å². The predicted octanol–water partition coefficient (Wildman–Crippen LogP) is -0.627. The molecule has 0 rings (SSSR count). The molecular weight excluding hydrogens is 394 g/mol. The van der Waals surface area contributed by atoms with Crippen molar-refractivity contribution in [2.75, 3.05) is 13.1 Å². The first-order chi connectivity index (χ1) is 14.0. The first-order valence-corrected chi connectivity index (χ1v) is 10.2. The van der Waals surface area contributed by atoms with Crippen LogP contribution in [-0.4, -0.2) is 65.2 Å². The second-order valence-corrected chi connectivity index (χ2v) is 7.32. The number of carboxylic acid groups (broad SMARTS) is 2. The van der Waals surface area contributed by atoms with Gasteiger partial charge in [-0.3, -0.25) is 14.4 Å². The Labute approximate surface area is 178 Å². The Morgan fingerprint density at radius 1 is 0.833 bits per heavy atom. The molecule has 0 heterocycles. The molecule has 0 fully saturated rings. The molecule has 11 heteroatoms. The third kappa shape index (κ3) is 15.7. The van der Waals surface area contributed by atoms with Gasteiger partial charge < -0.3 is 38.0 Å². The molecule has 0 unspecified atom stereocenters. The minimum absolute atomic E-state index is 0.214. The largest absolute Gasteiger partial charge is 0.481 e. The highest BCUT2D eigenvalue weighted by molar-refractivity contribution is 5.91. The van der Waals surface area contributed by atoms with Gasteiger partial charge in [0.25, 0.3) is 5.97 Å². The van der Waals surface area contributed by atoms with Crippen molar-refractivity contribution in [1.29, 1.82) is 0 Å². The lowest BCUT2D eigenvalue weighted by Crippen LogP contribution is -2.56. The number of amides is 2. The topological polar surface area (TPSA) is 211 Å². The summed E-state index contributed by atoms with van der Waals surface area (Å²) in [5.41, 5.74) is 16.7. The van der Waals surface area contributed by atoms with Gasteiger partial charge in [-0.15, -0.1) is 0 Å². The molecule has 30 heavy (non-hydrogen) atoms. The van der Waals surface area contributed by atoms with E-state index >= 15 is 0 Å². The van der Waals surface area contributed by atoms with Crippen LogP contribution in [0.1, 0.15) is 59.3 Å². The van der Waals surface area contributed by atoms with E-state index in [-0.39, 0.29) is 12.3 Å². The number of nitrogens with one attached hydrogen (secondary N) is 2. The van der Waals surface area contributed by atoms with Crippen molar-refractivity contribution in [1.82, 2.24) is 10.6 Å². The Kier molecular flexibility index (Phi) is 17.6. The van der Waals surface area contributed by atoms with Gasteiger partial charge in [0.1, 0.15) is 12.1 Å². The Hall–Kier alpha value is -2.24. The lowest BCUT2D eigenvalue weighted by molar-refractivity contribution is -0.142. The summed E-state index contributed by atoms with van der Waals surface area (Å²) in [4.78, 5) is 45.0. The van der Waals surface area contributed by atoms with Gasteiger partial charge >= 0.3 is 5.97 Å². The van der Waals surface area contributed by atoms with E-state index in [4.69, 9.17) is 27.1 Å². The first kappa shape index (κ1) is 30.0. The maximum absolute atomic E-state index is 12.5. The summed E-state index contributed by atoms with van der Waals surface area (Å²) >= 11 is 0. The van der Waals surface area contributed by atoms with Crippen LogP contribution in [-0.2, 0) is 19.2 Å². The van der Waals surface area contributed by atoms with Gasteiger partial charge in [-0.1, -0.05) is 20.3 Å². The predicted molar refractivity (Wildman–Crippen MR) is 113 cm³/mol. The quantitative estimate of drug-likeness (QED) is 0.174. The first-order valence-electron chi connectivity index (χ1n) is 10.2. The number of carbonyl (C=O) groups is 4. The average molecular weight is 434 g/mol. The summed E-state index contributed by atoms with van der Waals surface area (Å²) in [6.45, 7) is 5.63. The molecule has 176 valence electrons. The summed E-state index contributed by atoms with van der Waals surface area (Å²) < 4.78 is 0. The van der Waals surface area contributed by atoms with E-state index in [0.717, 1.165) is 19.8 Å². The Balaban J connectivity index is 0. The fourth-order valence-corrected chi connectivity index (χ4v) is 2.45. The van der Waals surface area contributed by atoms with E-state index in [9.17, 15) is 19.5 Å². The molecule has 0 aliphatic carbocycles. The van der Waals surface area contributed by atoms with Crippen LogP contribution in [0.5, 0.6) is 0 Å². The number of carbonyl (C=O) groups excluding carboxylic acids is 2. The molecule has 10 N–H and O–H groups in total. The van der Waals surface area contributed by atoms with Crippen LogP contribution in [0.25, 0.3) is 0 Å². The third-order valence-electron chi connectivity index (χ3n) is 4.11. The van der Waals surface area contributed by atoms with Crippen molar-refractivity contribution in [3.8, 4) is 0 Å². The van der Waals surface area contributed by atoms with Gasteiger partial charge in [0.2, 0.25) is 11.8 Å². The van der Waals surface area contributed by atoms with E-state index in [1.165, 1.54) is 0 Å². The third-order valence-corrected chi connectivity index (χ3v) is 4.11. The highest BCUT2D eigenvalue weighted by Gasteiger charge is 2.29. The zero-order valence-corrected chi connectivity index (χ0v) is 18.2. The number of aliphatic carboxylic acids is 2. The molecular formula is C19H39N5O6. The number of hydrogen-bond donors (Lipinski definition) is 7. The number of unbranched alkanes of at least 4 members (excludes halogenated alkanes) is 2. The lowest BCUT2D eigenvalue weighted by Gasteiger charge is -2.25. The SMILES string of the molecule is CC(=O)O.CC(C)[C@H](NC(=O)[C@@H](N)CCCCN)C(=O)N[C@@H](CCCCN)C(=O)O. The lowest BCUT2D eigenvalue weighted by atomic mass is 10.0. The summed E-state index contributed by atoms with van der Waals surface area (Å²) in [5.74, 6) is -3.11. The highest BCUT2D eigenvalue weighted by Crippen LogP contribution is 2.07. The Morgan fingerprint density at radius 2 is 1.30 bits per heavy atom. The summed E-state index contributed by atoms with van der Waals surface area (Å²) in [7, 11) is 0. The van der Waals surface area contributed by atoms with Crippen LogP contribution in [0, 0.1) is 5.92 Å². The van der Waals surface area contributed by atoms with Gasteiger partial charge in [-0.25, -0.2) is 4.79 Å². The average Bonchev–Trinajstić information content (AvgIpc) is 2.64. The van der Waals surface area contributed by atoms with Gasteiger partial charge in [0, 0.05) is 6.92 Å². The molecule has 0 saturated heterocycles. The maximum Gasteiger partial charge on any atom is 0.326 e. The molecule has 0 aromatic carbocycles. The van der Waals surface area contributed by atoms with Crippen molar-refractivity contribution >= 4 is 23.8 Å². The number of rotatable bonds is 14. The standard InChI is InChI=1S/C17H35N5O4.C2H4O2/c1-11(2)14(22-15(23)12(20)7-3-5-9-18)16(24)21-13(17(25)26)8-4-6-10-19;1-2(3)4/h11-14H,3-10,18-20H2,1-2H3,(H,21,24)(H,22,23)(H,25,26);1H3,(H,3,4)/t12-,13-,14-;/m0./s1. The molecule has 0 saturated carbocycles. The number of carboxylic acids is 2. The van der Waals surface area contributed by atoms with E-state index in [2.05, 4.69) is 10.6 Å².